The number of tetrazole rings is 1. The van der Waals surface area contributed by atoms with E-state index >= 15 is 0 Å². The fraction of sp³-hybridized carbons (Fsp3) is 0. The summed E-state index contributed by atoms with van der Waals surface area (Å²) in [5.74, 6) is 0. The van der Waals surface area contributed by atoms with Crippen molar-refractivity contribution in [1.82, 2.24) is 30.2 Å². The third-order valence-electron chi connectivity index (χ3n) is 2.24. The molecule has 0 N–H and O–H groups in total. The van der Waals surface area contributed by atoms with E-state index in [-0.39, 0.29) is 0 Å². The second kappa shape index (κ2) is 5.45. The topological polar surface area (TPSA) is 69.4 Å². The summed E-state index contributed by atoms with van der Waals surface area (Å²) < 4.78 is 2.65. The van der Waals surface area contributed by atoms with Gasteiger partial charge in [0.15, 0.2) is 5.16 Å². The molecule has 0 aliphatic rings. The molecule has 3 rings (SSSR count). The Morgan fingerprint density at radius 1 is 1.05 bits per heavy atom. The van der Waals surface area contributed by atoms with Gasteiger partial charge in [0.2, 0.25) is 5.16 Å². The molecule has 0 spiro atoms. The monoisotopic (exact) mass is 334 g/mol. The van der Waals surface area contributed by atoms with Crippen LogP contribution in [0.5, 0.6) is 0 Å². The first kappa shape index (κ1) is 12.2. The largest absolute Gasteiger partial charge is 0.231 e. The van der Waals surface area contributed by atoms with Crippen LogP contribution in [0.1, 0.15) is 0 Å². The maximum Gasteiger partial charge on any atom is 0.221 e. The van der Waals surface area contributed by atoms with Crippen molar-refractivity contribution in [2.75, 3.05) is 0 Å². The predicted molar refractivity (Wildman–Crippen MR) is 73.0 cm³/mol. The Bertz CT molecular complexity index is 669. The molecule has 0 fully saturated rings. The van der Waals surface area contributed by atoms with Gasteiger partial charge < -0.3 is 0 Å². The highest BCUT2D eigenvalue weighted by Crippen LogP contribution is 2.23. The minimum absolute atomic E-state index is 0.607. The second-order valence-electron chi connectivity index (χ2n) is 3.48. The van der Waals surface area contributed by atoms with Gasteiger partial charge in [-0.25, -0.2) is 9.97 Å². The predicted octanol–water partition coefficient (Wildman–Crippen LogP) is 2.37. The van der Waals surface area contributed by atoms with Gasteiger partial charge in [0.1, 0.15) is 0 Å². The van der Waals surface area contributed by atoms with Crippen molar-refractivity contribution in [1.29, 1.82) is 0 Å². The number of aromatic nitrogens is 6. The number of hydrogen-bond donors (Lipinski definition) is 0. The maximum atomic E-state index is 4.14. The lowest BCUT2D eigenvalue weighted by Crippen LogP contribution is -1.99. The summed E-state index contributed by atoms with van der Waals surface area (Å²) in [5, 5.41) is 12.9. The summed E-state index contributed by atoms with van der Waals surface area (Å²) >= 11 is 4.71. The van der Waals surface area contributed by atoms with Crippen LogP contribution in [0.4, 0.5) is 0 Å². The van der Waals surface area contributed by atoms with E-state index in [1.807, 2.05) is 24.3 Å². The Labute approximate surface area is 121 Å². The molecule has 0 aliphatic carbocycles. The van der Waals surface area contributed by atoms with Gasteiger partial charge >= 0.3 is 0 Å². The summed E-state index contributed by atoms with van der Waals surface area (Å²) in [7, 11) is 0. The molecule has 0 bridgehead atoms. The Hall–Kier alpha value is -1.80. The van der Waals surface area contributed by atoms with E-state index in [1.165, 1.54) is 11.8 Å². The molecular formula is C11H7BrN6S. The van der Waals surface area contributed by atoms with E-state index in [4.69, 9.17) is 0 Å². The highest BCUT2D eigenvalue weighted by Gasteiger charge is 2.11. The van der Waals surface area contributed by atoms with E-state index in [9.17, 15) is 0 Å². The molecule has 0 radical (unpaired) electrons. The first-order chi connectivity index (χ1) is 9.33. The first-order valence-corrected chi connectivity index (χ1v) is 6.93. The van der Waals surface area contributed by atoms with Crippen molar-refractivity contribution < 1.29 is 0 Å². The smallest absolute Gasteiger partial charge is 0.221 e. The normalized spacial score (nSPS) is 10.6. The van der Waals surface area contributed by atoms with Crippen LogP contribution in [0.25, 0.3) is 5.69 Å². The molecule has 1 aromatic carbocycles. The fourth-order valence-corrected chi connectivity index (χ4v) is 2.37. The van der Waals surface area contributed by atoms with Gasteiger partial charge in [0.05, 0.1) is 5.69 Å². The Kier molecular flexibility index (Phi) is 3.51. The standard InChI is InChI=1S/C11H7BrN6S/c12-8-2-4-9(5-3-8)18-11(15-16-17-18)19-10-13-6-1-7-14-10/h1-7H. The summed E-state index contributed by atoms with van der Waals surface area (Å²) in [6.07, 6.45) is 3.37. The molecule has 0 saturated carbocycles. The van der Waals surface area contributed by atoms with Gasteiger partial charge in [-0.2, -0.15) is 4.68 Å². The Balaban J connectivity index is 1.92. The molecular weight excluding hydrogens is 328 g/mol. The van der Waals surface area contributed by atoms with Crippen molar-refractivity contribution in [3.8, 4) is 5.69 Å². The van der Waals surface area contributed by atoms with Crippen molar-refractivity contribution in [3.63, 3.8) is 0 Å². The zero-order chi connectivity index (χ0) is 13.1. The van der Waals surface area contributed by atoms with Crippen LogP contribution in [0, 0.1) is 0 Å². The van der Waals surface area contributed by atoms with E-state index in [0.717, 1.165) is 10.2 Å². The molecule has 0 amide bonds. The minimum atomic E-state index is 0.607. The lowest BCUT2D eigenvalue weighted by molar-refractivity contribution is 0.754. The van der Waals surface area contributed by atoms with Crippen LogP contribution in [-0.4, -0.2) is 30.2 Å². The van der Waals surface area contributed by atoms with Crippen LogP contribution in [-0.2, 0) is 0 Å². The zero-order valence-electron chi connectivity index (χ0n) is 9.51. The second-order valence-corrected chi connectivity index (χ2v) is 5.33. The van der Waals surface area contributed by atoms with E-state index in [1.54, 1.807) is 23.1 Å². The number of halogens is 1. The molecule has 19 heavy (non-hydrogen) atoms. The summed E-state index contributed by atoms with van der Waals surface area (Å²) in [4.78, 5) is 8.28. The van der Waals surface area contributed by atoms with E-state index in [2.05, 4.69) is 41.4 Å². The lowest BCUT2D eigenvalue weighted by atomic mass is 10.3. The molecule has 0 saturated heterocycles. The molecule has 0 atom stereocenters. The van der Waals surface area contributed by atoms with Crippen LogP contribution < -0.4 is 0 Å². The number of rotatable bonds is 3. The summed E-state index contributed by atoms with van der Waals surface area (Å²) in [5.41, 5.74) is 0.881. The number of benzene rings is 1. The molecule has 6 nitrogen and oxygen atoms in total. The van der Waals surface area contributed by atoms with Crippen LogP contribution in [0.15, 0.2) is 57.5 Å². The third-order valence-corrected chi connectivity index (χ3v) is 3.60. The van der Waals surface area contributed by atoms with Gasteiger partial charge in [-0.1, -0.05) is 15.9 Å². The average Bonchev–Trinajstić information content (AvgIpc) is 2.89. The molecule has 94 valence electrons. The summed E-state index contributed by atoms with van der Waals surface area (Å²) in [6, 6.07) is 9.49. The first-order valence-electron chi connectivity index (χ1n) is 5.32. The fourth-order valence-electron chi connectivity index (χ4n) is 1.41. The molecule has 2 aromatic heterocycles. The quantitative estimate of drug-likeness (QED) is 0.685. The molecule has 8 heteroatoms. The van der Waals surface area contributed by atoms with Crippen molar-refractivity contribution in [3.05, 3.63) is 47.2 Å². The number of hydrogen-bond acceptors (Lipinski definition) is 6. The summed E-state index contributed by atoms with van der Waals surface area (Å²) in [6.45, 7) is 0. The van der Waals surface area contributed by atoms with Crippen molar-refractivity contribution in [2.24, 2.45) is 0 Å². The van der Waals surface area contributed by atoms with E-state index in [0.29, 0.717) is 10.3 Å². The SMILES string of the molecule is Brc1ccc(-n2nnnc2Sc2ncccn2)cc1. The molecule has 0 unspecified atom stereocenters. The minimum Gasteiger partial charge on any atom is -0.231 e. The van der Waals surface area contributed by atoms with Gasteiger partial charge in [-0.05, 0) is 52.5 Å². The van der Waals surface area contributed by atoms with Gasteiger partial charge in [-0.3, -0.25) is 0 Å². The lowest BCUT2D eigenvalue weighted by Gasteiger charge is -2.03. The Morgan fingerprint density at radius 2 is 1.79 bits per heavy atom. The molecule has 2 heterocycles. The molecule has 3 aromatic rings. The Morgan fingerprint density at radius 3 is 2.53 bits per heavy atom. The average molecular weight is 335 g/mol. The van der Waals surface area contributed by atoms with Gasteiger partial charge in [0, 0.05) is 16.9 Å². The number of nitrogens with zero attached hydrogens (tertiary/aromatic N) is 6. The maximum absolute atomic E-state index is 4.14. The van der Waals surface area contributed by atoms with Crippen molar-refractivity contribution in [2.45, 2.75) is 10.3 Å². The highest BCUT2D eigenvalue weighted by atomic mass is 79.9. The van der Waals surface area contributed by atoms with Crippen LogP contribution >= 0.6 is 27.7 Å². The molecule has 0 aliphatic heterocycles. The van der Waals surface area contributed by atoms with Crippen LogP contribution in [0.3, 0.4) is 0 Å². The highest BCUT2D eigenvalue weighted by molar-refractivity contribution is 9.10. The van der Waals surface area contributed by atoms with Gasteiger partial charge in [0.25, 0.3) is 0 Å². The van der Waals surface area contributed by atoms with E-state index < -0.39 is 0 Å². The third kappa shape index (κ3) is 2.79. The zero-order valence-corrected chi connectivity index (χ0v) is 11.9. The van der Waals surface area contributed by atoms with Gasteiger partial charge in [-0.15, -0.1) is 5.10 Å². The van der Waals surface area contributed by atoms with Crippen LogP contribution in [0.2, 0.25) is 0 Å². The van der Waals surface area contributed by atoms with Crippen molar-refractivity contribution >= 4 is 27.7 Å².